The number of hydrogen-bond acceptors (Lipinski definition) is 2. The second kappa shape index (κ2) is 5.06. The average Bonchev–Trinajstić information content (AvgIpc) is 2.47. The molecule has 0 saturated heterocycles. The van der Waals surface area contributed by atoms with Gasteiger partial charge in [0.2, 0.25) is 0 Å². The summed E-state index contributed by atoms with van der Waals surface area (Å²) in [6, 6.07) is 14.1. The van der Waals surface area contributed by atoms with Crippen LogP contribution in [0.5, 0.6) is 0 Å². The van der Waals surface area contributed by atoms with Crippen molar-refractivity contribution in [3.05, 3.63) is 58.6 Å². The molecule has 0 spiro atoms. The zero-order chi connectivity index (χ0) is 13.2. The molecule has 0 heterocycles. The summed E-state index contributed by atoms with van der Waals surface area (Å²) < 4.78 is 0. The molecule has 0 radical (unpaired) electrons. The smallest absolute Gasteiger partial charge is 0.0870 e. The maximum Gasteiger partial charge on any atom is 0.0870 e. The summed E-state index contributed by atoms with van der Waals surface area (Å²) in [5.41, 5.74) is 5.46. The van der Waals surface area contributed by atoms with Crippen LogP contribution in [0.3, 0.4) is 0 Å². The molecular formula is C16H14ClNO. The lowest BCUT2D eigenvalue weighted by molar-refractivity contribution is 0.317. The van der Waals surface area contributed by atoms with Gasteiger partial charge in [-0.05, 0) is 48.1 Å². The Morgan fingerprint density at radius 3 is 2.42 bits per heavy atom. The number of halogens is 1. The molecule has 96 valence electrons. The number of rotatable bonds is 1. The van der Waals surface area contributed by atoms with Crippen LogP contribution in [0.1, 0.15) is 24.0 Å². The van der Waals surface area contributed by atoms with E-state index in [1.807, 2.05) is 30.3 Å². The van der Waals surface area contributed by atoms with Gasteiger partial charge in [-0.2, -0.15) is 0 Å². The summed E-state index contributed by atoms with van der Waals surface area (Å²) >= 11 is 5.91. The van der Waals surface area contributed by atoms with Crippen LogP contribution in [0, 0.1) is 0 Å². The van der Waals surface area contributed by atoms with E-state index in [-0.39, 0.29) is 0 Å². The van der Waals surface area contributed by atoms with Crippen LogP contribution >= 0.6 is 11.6 Å². The highest BCUT2D eigenvalue weighted by Gasteiger charge is 2.16. The molecule has 1 aliphatic carbocycles. The first-order valence-corrected chi connectivity index (χ1v) is 6.76. The van der Waals surface area contributed by atoms with Crippen molar-refractivity contribution in [3.63, 3.8) is 0 Å². The van der Waals surface area contributed by atoms with Gasteiger partial charge >= 0.3 is 0 Å². The molecule has 2 aromatic rings. The predicted molar refractivity (Wildman–Crippen MR) is 78.1 cm³/mol. The molecule has 2 nitrogen and oxygen atoms in total. The second-order valence-electron chi connectivity index (χ2n) is 4.78. The fourth-order valence-electron chi connectivity index (χ4n) is 2.59. The van der Waals surface area contributed by atoms with Gasteiger partial charge in [-0.1, -0.05) is 47.1 Å². The van der Waals surface area contributed by atoms with Crippen molar-refractivity contribution in [2.24, 2.45) is 5.16 Å². The van der Waals surface area contributed by atoms with Gasteiger partial charge < -0.3 is 5.21 Å². The van der Waals surface area contributed by atoms with Gasteiger partial charge in [0.25, 0.3) is 0 Å². The van der Waals surface area contributed by atoms with Gasteiger partial charge in [0.15, 0.2) is 0 Å². The summed E-state index contributed by atoms with van der Waals surface area (Å²) in [5.74, 6) is 0. The Bertz CT molecular complexity index is 632. The number of nitrogens with zero attached hydrogens (tertiary/aromatic N) is 1. The summed E-state index contributed by atoms with van der Waals surface area (Å²) in [6.07, 6.45) is 2.93. The topological polar surface area (TPSA) is 32.6 Å². The molecule has 1 N–H and O–H groups in total. The van der Waals surface area contributed by atoms with E-state index < -0.39 is 0 Å². The minimum absolute atomic E-state index is 0.747. The van der Waals surface area contributed by atoms with E-state index in [0.29, 0.717) is 0 Å². The second-order valence-corrected chi connectivity index (χ2v) is 5.22. The Labute approximate surface area is 117 Å². The van der Waals surface area contributed by atoms with Crippen LogP contribution in [-0.2, 0) is 6.42 Å². The minimum atomic E-state index is 0.747. The van der Waals surface area contributed by atoms with E-state index in [1.165, 1.54) is 11.1 Å². The maximum atomic E-state index is 9.03. The summed E-state index contributed by atoms with van der Waals surface area (Å²) in [6.45, 7) is 0. The first kappa shape index (κ1) is 12.2. The van der Waals surface area contributed by atoms with E-state index in [1.54, 1.807) is 0 Å². The molecule has 19 heavy (non-hydrogen) atoms. The van der Waals surface area contributed by atoms with E-state index in [4.69, 9.17) is 16.8 Å². The van der Waals surface area contributed by atoms with Gasteiger partial charge in [-0.25, -0.2) is 0 Å². The molecule has 3 rings (SSSR count). The highest BCUT2D eigenvalue weighted by molar-refractivity contribution is 6.30. The number of oxime groups is 1. The lowest BCUT2D eigenvalue weighted by Gasteiger charge is -2.17. The van der Waals surface area contributed by atoms with Crippen LogP contribution in [0.4, 0.5) is 0 Å². The van der Waals surface area contributed by atoms with Crippen molar-refractivity contribution in [1.29, 1.82) is 0 Å². The van der Waals surface area contributed by atoms with E-state index >= 15 is 0 Å². The number of aryl methyl sites for hydroxylation is 1. The highest BCUT2D eigenvalue weighted by Crippen LogP contribution is 2.28. The Balaban J connectivity index is 2.04. The average molecular weight is 272 g/mol. The molecule has 0 aliphatic heterocycles. The minimum Gasteiger partial charge on any atom is -0.411 e. The standard InChI is InChI=1S/C16H14ClNO/c17-14-7-4-11(5-8-14)12-6-9-15-13(10-12)2-1-3-16(15)18-19/h4-10,19H,1-3H2. The zero-order valence-corrected chi connectivity index (χ0v) is 11.2. The van der Waals surface area contributed by atoms with Crippen molar-refractivity contribution in [1.82, 2.24) is 0 Å². The van der Waals surface area contributed by atoms with Crippen LogP contribution < -0.4 is 0 Å². The Hall–Kier alpha value is -1.80. The Morgan fingerprint density at radius 1 is 0.947 bits per heavy atom. The normalized spacial score (nSPS) is 16.4. The Morgan fingerprint density at radius 2 is 1.68 bits per heavy atom. The molecule has 2 aromatic carbocycles. The number of benzene rings is 2. The SMILES string of the molecule is ON=C1CCCc2cc(-c3ccc(Cl)cc3)ccc21. The summed E-state index contributed by atoms with van der Waals surface area (Å²) in [7, 11) is 0. The molecule has 0 fully saturated rings. The maximum absolute atomic E-state index is 9.03. The quantitative estimate of drug-likeness (QED) is 0.600. The first-order chi connectivity index (χ1) is 9.28. The lowest BCUT2D eigenvalue weighted by Crippen LogP contribution is -2.11. The van der Waals surface area contributed by atoms with Crippen molar-refractivity contribution < 1.29 is 5.21 Å². The fraction of sp³-hybridized carbons (Fsp3) is 0.188. The van der Waals surface area contributed by atoms with Crippen molar-refractivity contribution in [2.75, 3.05) is 0 Å². The van der Waals surface area contributed by atoms with Crippen LogP contribution in [0.2, 0.25) is 5.02 Å². The molecule has 0 bridgehead atoms. The molecule has 3 heteroatoms. The molecule has 0 atom stereocenters. The zero-order valence-electron chi connectivity index (χ0n) is 10.4. The van der Waals surface area contributed by atoms with E-state index in [9.17, 15) is 0 Å². The van der Waals surface area contributed by atoms with E-state index in [0.717, 1.165) is 41.1 Å². The van der Waals surface area contributed by atoms with Gasteiger partial charge in [0.1, 0.15) is 0 Å². The molecule has 0 amide bonds. The summed E-state index contributed by atoms with van der Waals surface area (Å²) in [5, 5.41) is 13.2. The monoisotopic (exact) mass is 271 g/mol. The molecule has 0 aromatic heterocycles. The number of fused-ring (bicyclic) bond motifs is 1. The third-order valence-electron chi connectivity index (χ3n) is 3.57. The van der Waals surface area contributed by atoms with Crippen molar-refractivity contribution in [3.8, 4) is 11.1 Å². The van der Waals surface area contributed by atoms with Crippen LogP contribution in [0.25, 0.3) is 11.1 Å². The predicted octanol–water partition coefficient (Wildman–Crippen LogP) is 4.52. The van der Waals surface area contributed by atoms with Crippen molar-refractivity contribution in [2.45, 2.75) is 19.3 Å². The van der Waals surface area contributed by atoms with Gasteiger partial charge in [0, 0.05) is 10.6 Å². The molecular weight excluding hydrogens is 258 g/mol. The third kappa shape index (κ3) is 2.36. The fourth-order valence-corrected chi connectivity index (χ4v) is 2.71. The van der Waals surface area contributed by atoms with Gasteiger partial charge in [-0.3, -0.25) is 0 Å². The number of hydrogen-bond donors (Lipinski definition) is 1. The van der Waals surface area contributed by atoms with E-state index in [2.05, 4.69) is 17.3 Å². The lowest BCUT2D eigenvalue weighted by atomic mass is 9.88. The van der Waals surface area contributed by atoms with Crippen LogP contribution in [-0.4, -0.2) is 10.9 Å². The first-order valence-electron chi connectivity index (χ1n) is 6.38. The molecule has 1 aliphatic rings. The van der Waals surface area contributed by atoms with Crippen molar-refractivity contribution >= 4 is 17.3 Å². The van der Waals surface area contributed by atoms with Gasteiger partial charge in [0.05, 0.1) is 5.71 Å². The molecule has 0 saturated carbocycles. The van der Waals surface area contributed by atoms with Gasteiger partial charge in [-0.15, -0.1) is 0 Å². The summed E-state index contributed by atoms with van der Waals surface area (Å²) in [4.78, 5) is 0. The highest BCUT2D eigenvalue weighted by atomic mass is 35.5. The van der Waals surface area contributed by atoms with Crippen LogP contribution in [0.15, 0.2) is 47.6 Å². The third-order valence-corrected chi connectivity index (χ3v) is 3.83. The Kier molecular flexibility index (Phi) is 3.26. The molecule has 0 unspecified atom stereocenters. The largest absolute Gasteiger partial charge is 0.411 e.